The Kier molecular flexibility index (Phi) is 8.53. The Balaban J connectivity index is 1.94. The van der Waals surface area contributed by atoms with Crippen LogP contribution in [0.2, 0.25) is 0 Å². The Hall–Kier alpha value is -3.73. The fourth-order valence-corrected chi connectivity index (χ4v) is 3.88. The van der Waals surface area contributed by atoms with Crippen molar-refractivity contribution in [1.82, 2.24) is 5.32 Å². The van der Waals surface area contributed by atoms with Crippen molar-refractivity contribution in [3.8, 4) is 0 Å². The van der Waals surface area contributed by atoms with Gasteiger partial charge in [-0.3, -0.25) is 14.4 Å². The van der Waals surface area contributed by atoms with Crippen LogP contribution in [0.15, 0.2) is 91.0 Å². The van der Waals surface area contributed by atoms with Gasteiger partial charge in [0.25, 0.3) is 0 Å². The molecule has 5 nitrogen and oxygen atoms in total. The van der Waals surface area contributed by atoms with Gasteiger partial charge in [0.15, 0.2) is 5.78 Å². The van der Waals surface area contributed by atoms with Gasteiger partial charge in [-0.2, -0.15) is 0 Å². The van der Waals surface area contributed by atoms with Crippen molar-refractivity contribution < 1.29 is 19.1 Å². The lowest BCUT2D eigenvalue weighted by atomic mass is 9.80. The molecule has 0 radical (unpaired) electrons. The molecule has 0 saturated heterocycles. The molecular formula is C28H29NO4. The summed E-state index contributed by atoms with van der Waals surface area (Å²) in [5.41, 5.74) is 2.20. The summed E-state index contributed by atoms with van der Waals surface area (Å²) in [7, 11) is 0. The molecule has 3 aromatic carbocycles. The van der Waals surface area contributed by atoms with Crippen molar-refractivity contribution in [2.75, 3.05) is 6.61 Å². The van der Waals surface area contributed by atoms with Crippen LogP contribution in [0.1, 0.15) is 53.7 Å². The van der Waals surface area contributed by atoms with Crippen LogP contribution in [-0.2, 0) is 14.3 Å². The molecule has 1 N–H and O–H groups in total. The SMILES string of the molecule is CCOC(=O)C(C(=O)N[C@@H](C)c1ccccc1)C(CC(=O)c1ccccc1)c1ccccc1. The van der Waals surface area contributed by atoms with Gasteiger partial charge in [-0.15, -0.1) is 0 Å². The molecule has 170 valence electrons. The van der Waals surface area contributed by atoms with Gasteiger partial charge in [0.05, 0.1) is 12.6 Å². The largest absolute Gasteiger partial charge is 0.465 e. The normalized spacial score (nSPS) is 13.4. The molecule has 0 fully saturated rings. The molecule has 0 aliphatic heterocycles. The summed E-state index contributed by atoms with van der Waals surface area (Å²) in [6.45, 7) is 3.71. The lowest BCUT2D eigenvalue weighted by molar-refractivity contribution is -0.153. The Morgan fingerprint density at radius 1 is 0.788 bits per heavy atom. The maximum Gasteiger partial charge on any atom is 0.319 e. The molecule has 0 aliphatic carbocycles. The molecule has 0 aromatic heterocycles. The number of amides is 1. The number of ketones is 1. The van der Waals surface area contributed by atoms with Gasteiger partial charge in [0.1, 0.15) is 5.92 Å². The van der Waals surface area contributed by atoms with Gasteiger partial charge in [-0.1, -0.05) is 91.0 Å². The van der Waals surface area contributed by atoms with E-state index in [4.69, 9.17) is 4.74 Å². The third kappa shape index (κ3) is 6.39. The molecule has 0 aliphatic rings. The van der Waals surface area contributed by atoms with Crippen LogP contribution in [0.5, 0.6) is 0 Å². The number of hydrogen-bond acceptors (Lipinski definition) is 4. The van der Waals surface area contributed by atoms with E-state index >= 15 is 0 Å². The number of Topliss-reactive ketones (excluding diaryl/α,β-unsaturated/α-hetero) is 1. The van der Waals surface area contributed by atoms with Gasteiger partial charge >= 0.3 is 5.97 Å². The molecule has 0 spiro atoms. The number of esters is 1. The van der Waals surface area contributed by atoms with Crippen LogP contribution in [0.25, 0.3) is 0 Å². The topological polar surface area (TPSA) is 72.5 Å². The molecule has 0 saturated carbocycles. The van der Waals surface area contributed by atoms with E-state index in [0.717, 1.165) is 11.1 Å². The van der Waals surface area contributed by atoms with Crippen molar-refractivity contribution >= 4 is 17.7 Å². The Labute approximate surface area is 194 Å². The van der Waals surface area contributed by atoms with Crippen molar-refractivity contribution in [3.63, 3.8) is 0 Å². The Morgan fingerprint density at radius 3 is 1.85 bits per heavy atom. The van der Waals surface area contributed by atoms with Gasteiger partial charge < -0.3 is 10.1 Å². The molecule has 2 unspecified atom stereocenters. The molecular weight excluding hydrogens is 414 g/mol. The summed E-state index contributed by atoms with van der Waals surface area (Å²) in [5, 5.41) is 2.95. The number of carbonyl (C=O) groups is 3. The summed E-state index contributed by atoms with van der Waals surface area (Å²) < 4.78 is 5.29. The van der Waals surface area contributed by atoms with Crippen molar-refractivity contribution in [3.05, 3.63) is 108 Å². The standard InChI is InChI=1S/C28H29NO4/c1-3-33-28(32)26(27(31)29-20(2)21-13-7-4-8-14-21)24(22-15-9-5-10-16-22)19-25(30)23-17-11-6-12-18-23/h4-18,20,24,26H,3,19H2,1-2H3,(H,29,31)/t20-,24?,26?/m0/s1. The molecule has 3 rings (SSSR count). The maximum atomic E-state index is 13.5. The van der Waals surface area contributed by atoms with Gasteiger partial charge in [0, 0.05) is 17.9 Å². The Bertz CT molecular complexity index is 1050. The number of nitrogens with one attached hydrogen (secondary N) is 1. The van der Waals surface area contributed by atoms with Crippen LogP contribution in [0.4, 0.5) is 0 Å². The van der Waals surface area contributed by atoms with Crippen molar-refractivity contribution in [2.45, 2.75) is 32.2 Å². The summed E-state index contributed by atoms with van der Waals surface area (Å²) in [4.78, 5) is 39.6. The summed E-state index contributed by atoms with van der Waals surface area (Å²) >= 11 is 0. The number of carbonyl (C=O) groups excluding carboxylic acids is 3. The second kappa shape index (κ2) is 11.8. The first-order chi connectivity index (χ1) is 16.0. The average Bonchev–Trinajstić information content (AvgIpc) is 2.85. The third-order valence-corrected chi connectivity index (χ3v) is 5.61. The predicted molar refractivity (Wildman–Crippen MR) is 128 cm³/mol. The van der Waals surface area contributed by atoms with Crippen LogP contribution in [-0.4, -0.2) is 24.3 Å². The summed E-state index contributed by atoms with van der Waals surface area (Å²) in [6.07, 6.45) is 0.00461. The van der Waals surface area contributed by atoms with Crippen molar-refractivity contribution in [2.24, 2.45) is 5.92 Å². The number of hydrogen-bond donors (Lipinski definition) is 1. The molecule has 0 heterocycles. The molecule has 1 amide bonds. The van der Waals surface area contributed by atoms with E-state index in [1.807, 2.05) is 73.7 Å². The van der Waals surface area contributed by atoms with E-state index in [0.29, 0.717) is 5.56 Å². The molecule has 0 bridgehead atoms. The van der Waals surface area contributed by atoms with Gasteiger partial charge in [-0.25, -0.2) is 0 Å². The highest BCUT2D eigenvalue weighted by atomic mass is 16.5. The van der Waals surface area contributed by atoms with E-state index < -0.39 is 23.7 Å². The third-order valence-electron chi connectivity index (χ3n) is 5.61. The lowest BCUT2D eigenvalue weighted by Crippen LogP contribution is -2.41. The molecule has 33 heavy (non-hydrogen) atoms. The van der Waals surface area contributed by atoms with E-state index in [1.165, 1.54) is 0 Å². The fraction of sp³-hybridized carbons (Fsp3) is 0.250. The summed E-state index contributed by atoms with van der Waals surface area (Å²) in [5.74, 6) is -3.06. The zero-order valence-electron chi connectivity index (χ0n) is 18.9. The van der Waals surface area contributed by atoms with Crippen LogP contribution in [0, 0.1) is 5.92 Å². The van der Waals surface area contributed by atoms with Gasteiger partial charge in [-0.05, 0) is 25.0 Å². The smallest absolute Gasteiger partial charge is 0.319 e. The monoisotopic (exact) mass is 443 g/mol. The highest BCUT2D eigenvalue weighted by molar-refractivity contribution is 6.01. The zero-order chi connectivity index (χ0) is 23.6. The first kappa shape index (κ1) is 23.9. The summed E-state index contributed by atoms with van der Waals surface area (Å²) in [6, 6.07) is 27.3. The minimum absolute atomic E-state index is 0.00461. The highest BCUT2D eigenvalue weighted by Crippen LogP contribution is 2.32. The second-order valence-corrected chi connectivity index (χ2v) is 7.88. The zero-order valence-corrected chi connectivity index (χ0v) is 18.9. The molecule has 3 atom stereocenters. The number of rotatable bonds is 10. The predicted octanol–water partition coefficient (Wildman–Crippen LogP) is 5.10. The fourth-order valence-electron chi connectivity index (χ4n) is 3.88. The highest BCUT2D eigenvalue weighted by Gasteiger charge is 2.39. The van der Waals surface area contributed by atoms with E-state index in [2.05, 4.69) is 5.32 Å². The van der Waals surface area contributed by atoms with E-state index in [-0.39, 0.29) is 24.9 Å². The number of benzene rings is 3. The van der Waals surface area contributed by atoms with Gasteiger partial charge in [0.2, 0.25) is 5.91 Å². The van der Waals surface area contributed by atoms with Crippen LogP contribution in [0.3, 0.4) is 0 Å². The maximum absolute atomic E-state index is 13.5. The Morgan fingerprint density at radius 2 is 1.30 bits per heavy atom. The first-order valence-corrected chi connectivity index (χ1v) is 11.2. The minimum atomic E-state index is -1.16. The quantitative estimate of drug-likeness (QED) is 0.269. The average molecular weight is 444 g/mol. The number of ether oxygens (including phenoxy) is 1. The minimum Gasteiger partial charge on any atom is -0.465 e. The van der Waals surface area contributed by atoms with E-state index in [1.54, 1.807) is 31.2 Å². The van der Waals surface area contributed by atoms with Crippen LogP contribution >= 0.6 is 0 Å². The second-order valence-electron chi connectivity index (χ2n) is 7.88. The van der Waals surface area contributed by atoms with E-state index in [9.17, 15) is 14.4 Å². The molecule has 3 aromatic rings. The van der Waals surface area contributed by atoms with Crippen molar-refractivity contribution in [1.29, 1.82) is 0 Å². The first-order valence-electron chi connectivity index (χ1n) is 11.2. The lowest BCUT2D eigenvalue weighted by Gasteiger charge is -2.26. The molecule has 5 heteroatoms. The van der Waals surface area contributed by atoms with Crippen LogP contribution < -0.4 is 5.32 Å².